The van der Waals surface area contributed by atoms with Crippen molar-refractivity contribution in [3.63, 3.8) is 0 Å². The molecule has 1 saturated heterocycles. The van der Waals surface area contributed by atoms with Crippen molar-refractivity contribution in [2.75, 3.05) is 13.1 Å². The van der Waals surface area contributed by atoms with Crippen LogP contribution < -0.4 is 5.32 Å². The topological polar surface area (TPSA) is 32.3 Å². The van der Waals surface area contributed by atoms with Crippen LogP contribution in [-0.4, -0.2) is 24.3 Å². The highest BCUT2D eigenvalue weighted by atomic mass is 16.3. The minimum Gasteiger partial charge on any atom is -0.393 e. The molecule has 0 aromatic rings. The zero-order chi connectivity index (χ0) is 5.98. The zero-order valence-electron chi connectivity index (χ0n) is 5.22. The number of piperidine rings is 1. The average Bonchev–Trinajstić information content (AvgIpc) is 1.64. The Morgan fingerprint density at radius 1 is 1.71 bits per heavy atom. The van der Waals surface area contributed by atoms with E-state index in [4.69, 9.17) is 6.48 Å². The highest BCUT2D eigenvalue weighted by Gasteiger charge is 2.06. The van der Waals surface area contributed by atoms with Crippen LogP contribution in [0.3, 0.4) is 0 Å². The van der Waals surface area contributed by atoms with Gasteiger partial charge in [-0.3, -0.25) is 0 Å². The molecule has 0 saturated carbocycles. The van der Waals surface area contributed by atoms with E-state index < -0.39 is 0 Å². The van der Waals surface area contributed by atoms with Crippen LogP contribution in [0.1, 0.15) is 14.2 Å². The number of nitrogens with one attached hydrogen (secondary N) is 1. The van der Waals surface area contributed by atoms with Crippen LogP contribution in [0.5, 0.6) is 0 Å². The van der Waals surface area contributed by atoms with E-state index in [2.05, 4.69) is 5.32 Å². The van der Waals surface area contributed by atoms with E-state index >= 15 is 0 Å². The Morgan fingerprint density at radius 3 is 3.00 bits per heavy atom. The normalized spacial score (nSPS) is 45.6. The predicted molar refractivity (Wildman–Crippen MR) is 28.1 cm³/mol. The molecule has 0 aromatic carbocycles. The first kappa shape index (κ1) is 3.87. The summed E-state index contributed by atoms with van der Waals surface area (Å²) >= 11 is 0. The fourth-order valence-corrected chi connectivity index (χ4v) is 0.689. The van der Waals surface area contributed by atoms with Crippen molar-refractivity contribution in [1.29, 1.82) is 0 Å². The van der Waals surface area contributed by atoms with Gasteiger partial charge in [0.2, 0.25) is 0 Å². The van der Waals surface area contributed by atoms with Crippen molar-refractivity contribution in [1.82, 2.24) is 5.32 Å². The smallest absolute Gasteiger partial charge is 0.0564 e. The van der Waals surface area contributed by atoms with E-state index in [1.54, 1.807) is 0 Å². The summed E-state index contributed by atoms with van der Waals surface area (Å²) in [5.41, 5.74) is 0. The summed E-state index contributed by atoms with van der Waals surface area (Å²) in [7, 11) is 0. The Bertz CT molecular complexity index is 70.8. The van der Waals surface area contributed by atoms with Gasteiger partial charge >= 0.3 is 0 Å². The first-order chi connectivity index (χ1) is 3.79. The lowest BCUT2D eigenvalue weighted by Gasteiger charge is -2.16. The van der Waals surface area contributed by atoms with Crippen molar-refractivity contribution in [3.8, 4) is 0 Å². The maximum absolute atomic E-state index is 8.92. The molecule has 0 radical (unpaired) electrons. The lowest BCUT2D eigenvalue weighted by atomic mass is 10.1. The molecule has 1 aliphatic heterocycles. The molecule has 1 aliphatic rings. The Balaban J connectivity index is 2.23. The Morgan fingerprint density at radius 2 is 2.57 bits per heavy atom. The third kappa shape index (κ3) is 1.45. The highest BCUT2D eigenvalue weighted by molar-refractivity contribution is 4.65. The molecule has 2 N–H and O–H groups in total. The van der Waals surface area contributed by atoms with E-state index in [-0.39, 0.29) is 12.6 Å². The minimum atomic E-state index is -0.237. The first-order valence-corrected chi connectivity index (χ1v) is 2.63. The fraction of sp³-hybridized carbons (Fsp3) is 1.00. The molecule has 0 bridgehead atoms. The summed E-state index contributed by atoms with van der Waals surface area (Å²) in [5.74, 6) is 0. The fourth-order valence-electron chi connectivity index (χ4n) is 0.689. The van der Waals surface area contributed by atoms with Crippen LogP contribution in [0.2, 0.25) is 0 Å². The summed E-state index contributed by atoms with van der Waals surface area (Å²) in [6.07, 6.45) is 1.15. The molecule has 1 fully saturated rings. The first-order valence-electron chi connectivity index (χ1n) is 3.20. The molecule has 2 nitrogen and oxygen atoms in total. The molecule has 1 rings (SSSR count). The number of aliphatic hydroxyl groups is 1. The van der Waals surface area contributed by atoms with Gasteiger partial charge in [-0.2, -0.15) is 0 Å². The number of aliphatic hydroxyl groups excluding tert-OH is 1. The van der Waals surface area contributed by atoms with Gasteiger partial charge in [0, 0.05) is 1.37 Å². The van der Waals surface area contributed by atoms with Crippen LogP contribution in [0.25, 0.3) is 0 Å². The van der Waals surface area contributed by atoms with Crippen LogP contribution in [0.4, 0.5) is 0 Å². The standard InChI is InChI=1S/C5H11NO/c7-5-1-3-6-4-2-5/h5-7H,1-4H2/i3D. The summed E-state index contributed by atoms with van der Waals surface area (Å²) in [6.45, 7) is 0.550. The van der Waals surface area contributed by atoms with Crippen molar-refractivity contribution in [3.05, 3.63) is 0 Å². The quantitative estimate of drug-likeness (QED) is 0.441. The van der Waals surface area contributed by atoms with Crippen molar-refractivity contribution >= 4 is 0 Å². The summed E-state index contributed by atoms with van der Waals surface area (Å²) < 4.78 is 7.13. The van der Waals surface area contributed by atoms with E-state index in [1.807, 2.05) is 0 Å². The molecule has 0 aliphatic carbocycles. The molecule has 0 spiro atoms. The van der Waals surface area contributed by atoms with Gasteiger partial charge in [-0.1, -0.05) is 0 Å². The number of hydrogen-bond donors (Lipinski definition) is 2. The van der Waals surface area contributed by atoms with Gasteiger partial charge in [0.05, 0.1) is 6.10 Å². The van der Waals surface area contributed by atoms with Gasteiger partial charge in [-0.05, 0) is 25.9 Å². The van der Waals surface area contributed by atoms with Gasteiger partial charge in [0.15, 0.2) is 0 Å². The lowest BCUT2D eigenvalue weighted by molar-refractivity contribution is 0.137. The second-order valence-electron chi connectivity index (χ2n) is 1.84. The predicted octanol–water partition coefficient (Wildman–Crippen LogP) is -0.269. The van der Waals surface area contributed by atoms with E-state index in [0.717, 1.165) is 13.0 Å². The SMILES string of the molecule is [2H]C1CC(O)CCN1. The molecular formula is C5H11NO. The Hall–Kier alpha value is -0.0800. The molecule has 2 atom stereocenters. The molecule has 0 amide bonds. The third-order valence-corrected chi connectivity index (χ3v) is 1.16. The van der Waals surface area contributed by atoms with Crippen molar-refractivity contribution in [2.45, 2.75) is 18.9 Å². The number of rotatable bonds is 0. The summed E-state index contributed by atoms with van der Waals surface area (Å²) in [4.78, 5) is 0. The minimum absolute atomic E-state index is 0.237. The monoisotopic (exact) mass is 102 g/mol. The van der Waals surface area contributed by atoms with Crippen molar-refractivity contribution < 1.29 is 6.48 Å². The highest BCUT2D eigenvalue weighted by Crippen LogP contribution is 1.99. The molecule has 1 heterocycles. The van der Waals surface area contributed by atoms with Crippen molar-refractivity contribution in [2.24, 2.45) is 0 Å². The molecule has 42 valence electrons. The van der Waals surface area contributed by atoms with Crippen LogP contribution in [0, 0.1) is 0 Å². The third-order valence-electron chi connectivity index (χ3n) is 1.16. The van der Waals surface area contributed by atoms with Crippen LogP contribution in [0.15, 0.2) is 0 Å². The second-order valence-corrected chi connectivity index (χ2v) is 1.84. The Kier molecular flexibility index (Phi) is 1.26. The lowest BCUT2D eigenvalue weighted by Crippen LogP contribution is -2.30. The number of hydrogen-bond acceptors (Lipinski definition) is 2. The summed E-state index contributed by atoms with van der Waals surface area (Å²) in [6, 6.07) is 0. The van der Waals surface area contributed by atoms with Gasteiger partial charge in [0.25, 0.3) is 0 Å². The van der Waals surface area contributed by atoms with Gasteiger partial charge in [-0.15, -0.1) is 0 Å². The van der Waals surface area contributed by atoms with Crippen LogP contribution in [-0.2, 0) is 0 Å². The maximum atomic E-state index is 8.92. The molecule has 2 unspecified atom stereocenters. The second kappa shape index (κ2) is 2.28. The van der Waals surface area contributed by atoms with E-state index in [0.29, 0.717) is 6.42 Å². The van der Waals surface area contributed by atoms with Crippen LogP contribution >= 0.6 is 0 Å². The zero-order valence-corrected chi connectivity index (χ0v) is 4.22. The average molecular weight is 102 g/mol. The molecular weight excluding hydrogens is 90.1 g/mol. The molecule has 7 heavy (non-hydrogen) atoms. The maximum Gasteiger partial charge on any atom is 0.0564 e. The van der Waals surface area contributed by atoms with E-state index in [1.165, 1.54) is 0 Å². The van der Waals surface area contributed by atoms with Gasteiger partial charge < -0.3 is 10.4 Å². The van der Waals surface area contributed by atoms with Gasteiger partial charge in [0.1, 0.15) is 0 Å². The summed E-state index contributed by atoms with van der Waals surface area (Å²) in [5, 5.41) is 11.8. The molecule has 0 aromatic heterocycles. The largest absolute Gasteiger partial charge is 0.393 e. The van der Waals surface area contributed by atoms with Gasteiger partial charge in [-0.25, -0.2) is 0 Å². The van der Waals surface area contributed by atoms with E-state index in [9.17, 15) is 0 Å². The Labute approximate surface area is 44.9 Å². The molecule has 2 heteroatoms.